The number of carbonyl (C=O) groups excluding carboxylic acids is 2. The molecule has 2 amide bonds. The highest BCUT2D eigenvalue weighted by Gasteiger charge is 2.41. The van der Waals surface area contributed by atoms with Gasteiger partial charge >= 0.3 is 0 Å². The summed E-state index contributed by atoms with van der Waals surface area (Å²) in [5.41, 5.74) is 2.03. The Bertz CT molecular complexity index is 564. The smallest absolute Gasteiger partial charge is 0.229 e. The minimum Gasteiger partial charge on any atom is -0.339 e. The Morgan fingerprint density at radius 1 is 1.33 bits per heavy atom. The Hall–Kier alpha value is -1.84. The Labute approximate surface area is 125 Å². The first-order chi connectivity index (χ1) is 10.0. The van der Waals surface area contributed by atoms with Crippen LogP contribution in [-0.2, 0) is 9.59 Å². The van der Waals surface area contributed by atoms with Gasteiger partial charge in [-0.3, -0.25) is 9.59 Å². The molecule has 1 aliphatic carbocycles. The molecule has 4 heteroatoms. The van der Waals surface area contributed by atoms with Crippen LogP contribution in [0.5, 0.6) is 0 Å². The fraction of sp³-hybridized carbons (Fsp3) is 0.529. The summed E-state index contributed by atoms with van der Waals surface area (Å²) in [5, 5.41) is 2.96. The van der Waals surface area contributed by atoms with E-state index in [0.717, 1.165) is 18.5 Å². The van der Waals surface area contributed by atoms with Crippen LogP contribution in [0, 0.1) is 5.92 Å². The third-order valence-corrected chi connectivity index (χ3v) is 4.34. The first-order valence-corrected chi connectivity index (χ1v) is 7.75. The summed E-state index contributed by atoms with van der Waals surface area (Å²) in [6.45, 7) is 4.84. The fourth-order valence-corrected chi connectivity index (χ4v) is 2.87. The quantitative estimate of drug-likeness (QED) is 0.925. The van der Waals surface area contributed by atoms with Gasteiger partial charge in [-0.2, -0.15) is 0 Å². The second-order valence-electron chi connectivity index (χ2n) is 6.45. The van der Waals surface area contributed by atoms with Gasteiger partial charge in [0.05, 0.1) is 5.92 Å². The number of nitrogens with one attached hydrogen (secondary N) is 1. The minimum atomic E-state index is -0.208. The van der Waals surface area contributed by atoms with Gasteiger partial charge in [-0.1, -0.05) is 26.0 Å². The summed E-state index contributed by atoms with van der Waals surface area (Å²) in [5.74, 6) is 0.321. The van der Waals surface area contributed by atoms with Crippen molar-refractivity contribution in [2.75, 3.05) is 11.9 Å². The van der Waals surface area contributed by atoms with Gasteiger partial charge in [0.1, 0.15) is 0 Å². The van der Waals surface area contributed by atoms with E-state index in [4.69, 9.17) is 0 Å². The average molecular weight is 286 g/mol. The van der Waals surface area contributed by atoms with Crippen molar-refractivity contribution in [2.24, 2.45) is 5.92 Å². The van der Waals surface area contributed by atoms with Gasteiger partial charge < -0.3 is 10.2 Å². The summed E-state index contributed by atoms with van der Waals surface area (Å²) in [6.07, 6.45) is 2.54. The SMILES string of the molecule is CC(C)c1cccc(NC(=O)[C@@H]2CC(=O)N(C3CC3)C2)c1. The lowest BCUT2D eigenvalue weighted by Crippen LogP contribution is -2.29. The van der Waals surface area contributed by atoms with Crippen molar-refractivity contribution in [2.45, 2.75) is 45.1 Å². The number of anilines is 1. The van der Waals surface area contributed by atoms with E-state index < -0.39 is 0 Å². The van der Waals surface area contributed by atoms with Crippen LogP contribution in [0.4, 0.5) is 5.69 Å². The van der Waals surface area contributed by atoms with Crippen molar-refractivity contribution in [1.29, 1.82) is 0 Å². The largest absolute Gasteiger partial charge is 0.339 e. The second-order valence-corrected chi connectivity index (χ2v) is 6.45. The van der Waals surface area contributed by atoms with Crippen LogP contribution in [0.1, 0.15) is 44.6 Å². The zero-order valence-corrected chi connectivity index (χ0v) is 12.6. The number of amides is 2. The molecule has 0 spiro atoms. The summed E-state index contributed by atoms with van der Waals surface area (Å²) in [4.78, 5) is 26.1. The normalized spacial score (nSPS) is 22.0. The molecular weight excluding hydrogens is 264 g/mol. The second kappa shape index (κ2) is 5.51. The third kappa shape index (κ3) is 3.09. The molecule has 1 aromatic carbocycles. The summed E-state index contributed by atoms with van der Waals surface area (Å²) in [7, 11) is 0. The molecule has 1 aromatic rings. The maximum Gasteiger partial charge on any atom is 0.229 e. The van der Waals surface area contributed by atoms with Crippen molar-refractivity contribution in [1.82, 2.24) is 4.90 Å². The molecule has 0 bridgehead atoms. The van der Waals surface area contributed by atoms with Crippen molar-refractivity contribution >= 4 is 17.5 Å². The van der Waals surface area contributed by atoms with Crippen LogP contribution < -0.4 is 5.32 Å². The van der Waals surface area contributed by atoms with Gasteiger partial charge in [-0.25, -0.2) is 0 Å². The van der Waals surface area contributed by atoms with Crippen molar-refractivity contribution in [3.8, 4) is 0 Å². The molecular formula is C17H22N2O2. The maximum absolute atomic E-state index is 12.3. The molecule has 1 aliphatic heterocycles. The van der Waals surface area contributed by atoms with Gasteiger partial charge in [0.2, 0.25) is 11.8 Å². The molecule has 3 rings (SSSR count). The number of carbonyl (C=O) groups is 2. The highest BCUT2D eigenvalue weighted by atomic mass is 16.2. The zero-order chi connectivity index (χ0) is 15.0. The lowest BCUT2D eigenvalue weighted by Gasteiger charge is -2.15. The third-order valence-electron chi connectivity index (χ3n) is 4.34. The Kier molecular flexibility index (Phi) is 3.70. The van der Waals surface area contributed by atoms with Crippen LogP contribution >= 0.6 is 0 Å². The van der Waals surface area contributed by atoms with Crippen LogP contribution in [-0.4, -0.2) is 29.3 Å². The average Bonchev–Trinajstić information content (AvgIpc) is 3.22. The van der Waals surface area contributed by atoms with Gasteiger partial charge in [-0.15, -0.1) is 0 Å². The van der Waals surface area contributed by atoms with E-state index in [-0.39, 0.29) is 17.7 Å². The molecule has 1 saturated carbocycles. The maximum atomic E-state index is 12.3. The molecule has 21 heavy (non-hydrogen) atoms. The van der Waals surface area contributed by atoms with Crippen molar-refractivity contribution in [3.05, 3.63) is 29.8 Å². The molecule has 112 valence electrons. The minimum absolute atomic E-state index is 0.0348. The van der Waals surface area contributed by atoms with Crippen LogP contribution in [0.3, 0.4) is 0 Å². The number of hydrogen-bond donors (Lipinski definition) is 1. The van der Waals surface area contributed by atoms with E-state index in [0.29, 0.717) is 24.9 Å². The number of hydrogen-bond acceptors (Lipinski definition) is 2. The number of benzene rings is 1. The molecule has 1 saturated heterocycles. The van der Waals surface area contributed by atoms with E-state index in [9.17, 15) is 9.59 Å². The molecule has 4 nitrogen and oxygen atoms in total. The highest BCUT2D eigenvalue weighted by Crippen LogP contribution is 2.33. The summed E-state index contributed by atoms with van der Waals surface area (Å²) in [6, 6.07) is 8.34. The van der Waals surface area contributed by atoms with E-state index in [1.807, 2.05) is 23.1 Å². The molecule has 0 radical (unpaired) electrons. The molecule has 0 unspecified atom stereocenters. The van der Waals surface area contributed by atoms with Gasteiger partial charge in [0.25, 0.3) is 0 Å². The molecule has 1 atom stereocenters. The molecule has 0 aromatic heterocycles. The van der Waals surface area contributed by atoms with E-state index >= 15 is 0 Å². The van der Waals surface area contributed by atoms with Crippen LogP contribution in [0.2, 0.25) is 0 Å². The first kappa shape index (κ1) is 14.1. The Morgan fingerprint density at radius 2 is 2.10 bits per heavy atom. The van der Waals surface area contributed by atoms with Gasteiger partial charge in [0.15, 0.2) is 0 Å². The van der Waals surface area contributed by atoms with Crippen molar-refractivity contribution < 1.29 is 9.59 Å². The molecule has 1 heterocycles. The predicted molar refractivity (Wildman–Crippen MR) is 82.0 cm³/mol. The number of likely N-dealkylation sites (tertiary alicyclic amines) is 1. The monoisotopic (exact) mass is 286 g/mol. The zero-order valence-electron chi connectivity index (χ0n) is 12.6. The topological polar surface area (TPSA) is 49.4 Å². The van der Waals surface area contributed by atoms with E-state index in [2.05, 4.69) is 25.2 Å². The van der Waals surface area contributed by atoms with Crippen LogP contribution in [0.15, 0.2) is 24.3 Å². The predicted octanol–water partition coefficient (Wildman–Crippen LogP) is 2.76. The molecule has 2 aliphatic rings. The molecule has 1 N–H and O–H groups in total. The van der Waals surface area contributed by atoms with Crippen LogP contribution in [0.25, 0.3) is 0 Å². The standard InChI is InChI=1S/C17H22N2O2/c1-11(2)12-4-3-5-14(8-12)18-17(21)13-9-16(20)19(10-13)15-6-7-15/h3-5,8,11,13,15H,6-7,9-10H2,1-2H3,(H,18,21)/t13-/m1/s1. The lowest BCUT2D eigenvalue weighted by molar-refractivity contribution is -0.128. The summed E-state index contributed by atoms with van der Waals surface area (Å²) < 4.78 is 0. The van der Waals surface area contributed by atoms with Crippen molar-refractivity contribution in [3.63, 3.8) is 0 Å². The Morgan fingerprint density at radius 3 is 2.76 bits per heavy atom. The Balaban J connectivity index is 1.64. The number of rotatable bonds is 4. The lowest BCUT2D eigenvalue weighted by atomic mass is 10.0. The van der Waals surface area contributed by atoms with E-state index in [1.54, 1.807) is 0 Å². The molecule has 2 fully saturated rings. The fourth-order valence-electron chi connectivity index (χ4n) is 2.87. The first-order valence-electron chi connectivity index (χ1n) is 7.75. The van der Waals surface area contributed by atoms with Gasteiger partial charge in [0, 0.05) is 24.7 Å². The number of nitrogens with zero attached hydrogens (tertiary/aromatic N) is 1. The van der Waals surface area contributed by atoms with E-state index in [1.165, 1.54) is 5.56 Å². The van der Waals surface area contributed by atoms with Gasteiger partial charge in [-0.05, 0) is 36.5 Å². The summed E-state index contributed by atoms with van der Waals surface area (Å²) >= 11 is 0. The highest BCUT2D eigenvalue weighted by molar-refractivity contribution is 5.97.